The van der Waals surface area contributed by atoms with Gasteiger partial charge in [-0.05, 0) is 36.4 Å². The fourth-order valence-corrected chi connectivity index (χ4v) is 3.51. The molecule has 0 radical (unpaired) electrons. The van der Waals surface area contributed by atoms with Crippen molar-refractivity contribution in [2.45, 2.75) is 6.42 Å². The van der Waals surface area contributed by atoms with Crippen LogP contribution in [0.3, 0.4) is 0 Å². The lowest BCUT2D eigenvalue weighted by Gasteiger charge is -2.06. The molecule has 4 aromatic rings. The van der Waals surface area contributed by atoms with Crippen LogP contribution in [0.4, 0.5) is 10.8 Å². The lowest BCUT2D eigenvalue weighted by Crippen LogP contribution is -2.15. The normalized spacial score (nSPS) is 10.6. The van der Waals surface area contributed by atoms with Crippen LogP contribution in [0.5, 0.6) is 0 Å². The van der Waals surface area contributed by atoms with Crippen LogP contribution in [-0.4, -0.2) is 32.1 Å². The van der Waals surface area contributed by atoms with Gasteiger partial charge in [0.05, 0.1) is 18.4 Å². The Morgan fingerprint density at radius 3 is 2.61 bits per heavy atom. The molecule has 9 nitrogen and oxygen atoms in total. The second kappa shape index (κ2) is 8.76. The van der Waals surface area contributed by atoms with Crippen LogP contribution in [-0.2, 0) is 18.3 Å². The second-order valence-electron chi connectivity index (χ2n) is 6.57. The number of nitrogens with one attached hydrogen (secondary N) is 2. The molecule has 0 saturated carbocycles. The molecule has 0 atom stereocenters. The first-order valence-electron chi connectivity index (χ1n) is 9.21. The minimum atomic E-state index is -0.407. The number of hydrogen-bond acceptors (Lipinski definition) is 7. The number of carbonyl (C=O) groups is 3. The minimum absolute atomic E-state index is 0.0427. The number of benzene rings is 1. The Labute approximate surface area is 180 Å². The van der Waals surface area contributed by atoms with Gasteiger partial charge in [0.1, 0.15) is 0 Å². The lowest BCUT2D eigenvalue weighted by atomic mass is 10.1. The number of thiazole rings is 1. The van der Waals surface area contributed by atoms with Gasteiger partial charge in [0.15, 0.2) is 16.7 Å². The zero-order valence-corrected chi connectivity index (χ0v) is 17.2. The van der Waals surface area contributed by atoms with Crippen LogP contribution in [0.1, 0.15) is 32.4 Å². The fraction of sp³-hybridized carbons (Fsp3) is 0.0952. The highest BCUT2D eigenvalue weighted by Gasteiger charge is 2.15. The molecule has 0 fully saturated rings. The van der Waals surface area contributed by atoms with Crippen molar-refractivity contribution in [1.29, 1.82) is 0 Å². The standard InChI is InChI=1S/C21H17N5O4S/c1-26-9-8-22-19(26)18(28)13-4-6-14(7-5-13)23-17(27)11-15-12-31-21(24-15)25-20(29)16-3-2-10-30-16/h2-10,12H,11H2,1H3,(H,23,27)(H,24,25,29). The third-order valence-corrected chi connectivity index (χ3v) is 5.12. The molecule has 3 heterocycles. The summed E-state index contributed by atoms with van der Waals surface area (Å²) in [6.07, 6.45) is 4.72. The average Bonchev–Trinajstić information content (AvgIpc) is 3.50. The molecule has 31 heavy (non-hydrogen) atoms. The first-order chi connectivity index (χ1) is 15.0. The Hall–Kier alpha value is -4.05. The number of carbonyl (C=O) groups excluding carboxylic acids is 3. The molecule has 0 aliphatic heterocycles. The van der Waals surface area contributed by atoms with Gasteiger partial charge in [-0.2, -0.15) is 0 Å². The molecule has 156 valence electrons. The summed E-state index contributed by atoms with van der Waals surface area (Å²) in [7, 11) is 1.75. The van der Waals surface area contributed by atoms with Crippen LogP contribution in [0.2, 0.25) is 0 Å². The highest BCUT2D eigenvalue weighted by atomic mass is 32.1. The van der Waals surface area contributed by atoms with Crippen molar-refractivity contribution in [3.8, 4) is 0 Å². The van der Waals surface area contributed by atoms with E-state index in [1.807, 2.05) is 0 Å². The summed E-state index contributed by atoms with van der Waals surface area (Å²) in [5, 5.41) is 7.47. The molecule has 0 unspecified atom stereocenters. The number of amides is 2. The largest absolute Gasteiger partial charge is 0.459 e. The molecule has 0 spiro atoms. The van der Waals surface area contributed by atoms with E-state index in [2.05, 4.69) is 20.6 Å². The predicted molar refractivity (Wildman–Crippen MR) is 114 cm³/mol. The van der Waals surface area contributed by atoms with E-state index in [1.165, 1.54) is 17.6 Å². The molecule has 2 amide bonds. The maximum absolute atomic E-state index is 12.4. The maximum Gasteiger partial charge on any atom is 0.293 e. The number of rotatable bonds is 7. The summed E-state index contributed by atoms with van der Waals surface area (Å²) in [6.45, 7) is 0. The molecule has 0 saturated heterocycles. The summed E-state index contributed by atoms with van der Waals surface area (Å²) in [6, 6.07) is 9.75. The quantitative estimate of drug-likeness (QED) is 0.431. The van der Waals surface area contributed by atoms with E-state index < -0.39 is 5.91 Å². The molecule has 0 bridgehead atoms. The van der Waals surface area contributed by atoms with E-state index >= 15 is 0 Å². The van der Waals surface area contributed by atoms with Gasteiger partial charge in [-0.1, -0.05) is 0 Å². The zero-order chi connectivity index (χ0) is 21.8. The molecule has 10 heteroatoms. The second-order valence-corrected chi connectivity index (χ2v) is 7.43. The van der Waals surface area contributed by atoms with Crippen molar-refractivity contribution < 1.29 is 18.8 Å². The van der Waals surface area contributed by atoms with E-state index in [1.54, 1.807) is 65.8 Å². The van der Waals surface area contributed by atoms with Crippen LogP contribution in [0.25, 0.3) is 0 Å². The number of ketones is 1. The van der Waals surface area contributed by atoms with E-state index in [-0.39, 0.29) is 23.9 Å². The Morgan fingerprint density at radius 2 is 1.94 bits per heavy atom. The molecule has 3 aromatic heterocycles. The Morgan fingerprint density at radius 1 is 1.13 bits per heavy atom. The number of anilines is 2. The fourth-order valence-electron chi connectivity index (χ4n) is 2.80. The van der Waals surface area contributed by atoms with Crippen LogP contribution < -0.4 is 10.6 Å². The van der Waals surface area contributed by atoms with Crippen molar-refractivity contribution in [2.24, 2.45) is 7.05 Å². The molecule has 1 aromatic carbocycles. The molecular formula is C21H17N5O4S. The SMILES string of the molecule is Cn1ccnc1C(=O)c1ccc(NC(=O)Cc2csc(NC(=O)c3ccco3)n2)cc1. The Kier molecular flexibility index (Phi) is 5.72. The van der Waals surface area contributed by atoms with Gasteiger partial charge in [-0.15, -0.1) is 11.3 Å². The molecule has 2 N–H and O–H groups in total. The highest BCUT2D eigenvalue weighted by Crippen LogP contribution is 2.18. The molecule has 0 aliphatic rings. The number of nitrogens with zero attached hydrogens (tertiary/aromatic N) is 3. The number of aromatic nitrogens is 3. The van der Waals surface area contributed by atoms with Crippen molar-refractivity contribution in [2.75, 3.05) is 10.6 Å². The summed E-state index contributed by atoms with van der Waals surface area (Å²) in [4.78, 5) is 45.0. The van der Waals surface area contributed by atoms with Crippen LogP contribution in [0, 0.1) is 0 Å². The van der Waals surface area contributed by atoms with Crippen molar-refractivity contribution in [3.63, 3.8) is 0 Å². The number of imidazole rings is 1. The van der Waals surface area contributed by atoms with Crippen molar-refractivity contribution in [3.05, 3.63) is 83.3 Å². The van der Waals surface area contributed by atoms with Gasteiger partial charge >= 0.3 is 0 Å². The van der Waals surface area contributed by atoms with Gasteiger partial charge in [-0.3, -0.25) is 19.7 Å². The minimum Gasteiger partial charge on any atom is -0.459 e. The summed E-state index contributed by atoms with van der Waals surface area (Å²) in [5.74, 6) is -0.348. The third-order valence-electron chi connectivity index (χ3n) is 4.31. The van der Waals surface area contributed by atoms with Crippen molar-refractivity contribution >= 4 is 39.8 Å². The maximum atomic E-state index is 12.4. The first-order valence-corrected chi connectivity index (χ1v) is 10.1. The average molecular weight is 435 g/mol. The van der Waals surface area contributed by atoms with Gasteiger partial charge in [0, 0.05) is 36.1 Å². The van der Waals surface area contributed by atoms with E-state index in [0.29, 0.717) is 27.9 Å². The third kappa shape index (κ3) is 4.75. The number of aryl methyl sites for hydroxylation is 1. The summed E-state index contributed by atoms with van der Waals surface area (Å²) < 4.78 is 6.68. The summed E-state index contributed by atoms with van der Waals surface area (Å²) in [5.41, 5.74) is 1.56. The lowest BCUT2D eigenvalue weighted by molar-refractivity contribution is -0.115. The Balaban J connectivity index is 1.33. The van der Waals surface area contributed by atoms with Gasteiger partial charge in [-0.25, -0.2) is 9.97 Å². The molecule has 4 rings (SSSR count). The van der Waals surface area contributed by atoms with Crippen LogP contribution in [0.15, 0.2) is 64.9 Å². The monoisotopic (exact) mass is 435 g/mol. The van der Waals surface area contributed by atoms with Gasteiger partial charge in [0.25, 0.3) is 5.91 Å². The number of hydrogen-bond donors (Lipinski definition) is 2. The summed E-state index contributed by atoms with van der Waals surface area (Å²) >= 11 is 1.22. The highest BCUT2D eigenvalue weighted by molar-refractivity contribution is 7.14. The predicted octanol–water partition coefficient (Wildman–Crippen LogP) is 3.13. The molecule has 0 aliphatic carbocycles. The van der Waals surface area contributed by atoms with E-state index in [0.717, 1.165) is 0 Å². The smallest absolute Gasteiger partial charge is 0.293 e. The van der Waals surface area contributed by atoms with E-state index in [9.17, 15) is 14.4 Å². The van der Waals surface area contributed by atoms with Crippen molar-refractivity contribution in [1.82, 2.24) is 14.5 Å². The van der Waals surface area contributed by atoms with Gasteiger partial charge < -0.3 is 14.3 Å². The van der Waals surface area contributed by atoms with Crippen LogP contribution >= 0.6 is 11.3 Å². The van der Waals surface area contributed by atoms with E-state index in [4.69, 9.17) is 4.42 Å². The zero-order valence-electron chi connectivity index (χ0n) is 16.4. The number of furan rings is 1. The van der Waals surface area contributed by atoms with Gasteiger partial charge in [0.2, 0.25) is 11.7 Å². The first kappa shape index (κ1) is 20.2. The molecular weight excluding hydrogens is 418 g/mol. The Bertz CT molecular complexity index is 1220. The topological polar surface area (TPSA) is 119 Å².